The molecule has 0 radical (unpaired) electrons. The minimum Gasteiger partial charge on any atom is -0.469 e. The van der Waals surface area contributed by atoms with Crippen LogP contribution in [0.1, 0.15) is 49.1 Å². The maximum absolute atomic E-state index is 13.9. The van der Waals surface area contributed by atoms with Gasteiger partial charge in [0.15, 0.2) is 0 Å². The fraction of sp³-hybridized carbons (Fsp3) is 0.310. The molecule has 4 nitrogen and oxygen atoms in total. The van der Waals surface area contributed by atoms with Gasteiger partial charge in [-0.25, -0.2) is 9.37 Å². The maximum atomic E-state index is 13.9. The number of imidazole rings is 1. The largest absolute Gasteiger partial charge is 0.469 e. The molecule has 1 heterocycles. The van der Waals surface area contributed by atoms with Crippen molar-refractivity contribution in [2.45, 2.75) is 44.2 Å². The van der Waals surface area contributed by atoms with Crippen molar-refractivity contribution >= 4 is 17.0 Å². The molecule has 3 aromatic carbocycles. The van der Waals surface area contributed by atoms with E-state index in [2.05, 4.69) is 34.2 Å². The number of aromatic amines is 1. The van der Waals surface area contributed by atoms with E-state index in [0.29, 0.717) is 29.6 Å². The van der Waals surface area contributed by atoms with Crippen LogP contribution < -0.4 is 0 Å². The van der Waals surface area contributed by atoms with Gasteiger partial charge < -0.3 is 9.72 Å². The van der Waals surface area contributed by atoms with Crippen molar-refractivity contribution in [3.05, 3.63) is 77.6 Å². The molecule has 1 aliphatic rings. The van der Waals surface area contributed by atoms with Crippen LogP contribution in [0.4, 0.5) is 17.6 Å². The first kappa shape index (κ1) is 25.0. The number of halogens is 4. The lowest BCUT2D eigenvalue weighted by molar-refractivity contribution is -0.142. The number of aromatic nitrogens is 2. The van der Waals surface area contributed by atoms with Crippen molar-refractivity contribution in [2.75, 3.05) is 7.11 Å². The molecule has 0 aliphatic heterocycles. The number of H-pyrrole nitrogens is 1. The van der Waals surface area contributed by atoms with Gasteiger partial charge >= 0.3 is 12.1 Å². The smallest absolute Gasteiger partial charge is 0.419 e. The molecule has 0 spiro atoms. The summed E-state index contributed by atoms with van der Waals surface area (Å²) in [6.07, 6.45) is -0.116. The van der Waals surface area contributed by atoms with E-state index in [0.717, 1.165) is 48.9 Å². The number of benzene rings is 3. The lowest BCUT2D eigenvalue weighted by atomic mass is 9.77. The highest BCUT2D eigenvalue weighted by atomic mass is 19.4. The highest BCUT2D eigenvalue weighted by Crippen LogP contribution is 2.38. The summed E-state index contributed by atoms with van der Waals surface area (Å²) in [7, 11) is 1.43. The van der Waals surface area contributed by atoms with Crippen molar-refractivity contribution in [3.63, 3.8) is 0 Å². The van der Waals surface area contributed by atoms with Crippen LogP contribution in [0.5, 0.6) is 0 Å². The number of carbonyl (C=O) groups excluding carboxylic acids is 1. The number of esters is 1. The molecule has 5 rings (SSSR count). The highest BCUT2D eigenvalue weighted by molar-refractivity contribution is 5.81. The summed E-state index contributed by atoms with van der Waals surface area (Å²) in [5.74, 6) is -0.215. The van der Waals surface area contributed by atoms with Gasteiger partial charge in [-0.15, -0.1) is 0 Å². The third kappa shape index (κ3) is 5.38. The third-order valence-corrected chi connectivity index (χ3v) is 7.28. The normalized spacial score (nSPS) is 18.2. The predicted molar refractivity (Wildman–Crippen MR) is 133 cm³/mol. The number of alkyl halides is 3. The number of ether oxygens (including phenoxy) is 1. The zero-order chi connectivity index (χ0) is 26.2. The minimum atomic E-state index is -4.77. The average molecular weight is 511 g/mol. The number of fused-ring (bicyclic) bond motifs is 1. The van der Waals surface area contributed by atoms with Crippen molar-refractivity contribution in [1.82, 2.24) is 9.97 Å². The second-order valence-electron chi connectivity index (χ2n) is 9.63. The number of rotatable bonds is 5. The van der Waals surface area contributed by atoms with E-state index in [1.54, 1.807) is 0 Å². The summed E-state index contributed by atoms with van der Waals surface area (Å²) in [4.78, 5) is 18.7. The minimum absolute atomic E-state index is 0.128. The average Bonchev–Trinajstić information content (AvgIpc) is 3.31. The van der Waals surface area contributed by atoms with Gasteiger partial charge in [0.2, 0.25) is 0 Å². The Hall–Kier alpha value is -3.68. The predicted octanol–water partition coefficient (Wildman–Crippen LogP) is 7.89. The standard InChI is InChI=1S/C29H26F4N2O2/c1-37-27(36)14-17-2-4-18(5-3-17)19-6-8-20(9-7-19)21-10-12-22(13-11-21)28-34-25-15-23(29(31,32)33)24(30)16-26(25)35-28/h6-13,15-18H,2-5,14H2,1H3,(H,34,35). The molecule has 1 aliphatic carbocycles. The summed E-state index contributed by atoms with van der Waals surface area (Å²) in [6.45, 7) is 0. The number of methoxy groups -OCH3 is 1. The molecule has 1 fully saturated rings. The molecule has 0 bridgehead atoms. The molecule has 0 unspecified atom stereocenters. The highest BCUT2D eigenvalue weighted by Gasteiger charge is 2.34. The molecular weight excluding hydrogens is 484 g/mol. The van der Waals surface area contributed by atoms with E-state index in [-0.39, 0.29) is 17.0 Å². The number of hydrogen-bond acceptors (Lipinski definition) is 3. The lowest BCUT2D eigenvalue weighted by Gasteiger charge is -2.28. The van der Waals surface area contributed by atoms with E-state index in [1.807, 2.05) is 24.3 Å². The molecule has 0 atom stereocenters. The van der Waals surface area contributed by atoms with E-state index in [9.17, 15) is 22.4 Å². The Kier molecular flexibility index (Phi) is 6.75. The van der Waals surface area contributed by atoms with Crippen molar-refractivity contribution < 1.29 is 27.1 Å². The Labute approximate surface area is 211 Å². The zero-order valence-corrected chi connectivity index (χ0v) is 20.2. The maximum Gasteiger partial charge on any atom is 0.419 e. The molecule has 0 amide bonds. The Morgan fingerprint density at radius 2 is 1.54 bits per heavy atom. The van der Waals surface area contributed by atoms with E-state index >= 15 is 0 Å². The van der Waals surface area contributed by atoms with Gasteiger partial charge in [-0.1, -0.05) is 48.5 Å². The van der Waals surface area contributed by atoms with Gasteiger partial charge in [-0.05, 0) is 60.3 Å². The Bertz CT molecular complexity index is 1400. The van der Waals surface area contributed by atoms with Crippen LogP contribution in [0.25, 0.3) is 33.5 Å². The van der Waals surface area contributed by atoms with Crippen molar-refractivity contribution in [3.8, 4) is 22.5 Å². The van der Waals surface area contributed by atoms with Gasteiger partial charge in [-0.3, -0.25) is 4.79 Å². The summed E-state index contributed by atoms with van der Waals surface area (Å²) < 4.78 is 57.8. The molecule has 37 heavy (non-hydrogen) atoms. The SMILES string of the molecule is COC(=O)CC1CCC(c2ccc(-c3ccc(-c4nc5cc(F)c(C(F)(F)F)cc5[nH]4)cc3)cc2)CC1. The molecule has 0 saturated heterocycles. The first-order valence-electron chi connectivity index (χ1n) is 12.3. The van der Waals surface area contributed by atoms with Crippen LogP contribution in [0.15, 0.2) is 60.7 Å². The topological polar surface area (TPSA) is 55.0 Å². The summed E-state index contributed by atoms with van der Waals surface area (Å²) in [6, 6.07) is 17.6. The van der Waals surface area contributed by atoms with Gasteiger partial charge in [0, 0.05) is 18.1 Å². The van der Waals surface area contributed by atoms with Gasteiger partial charge in [0.25, 0.3) is 0 Å². The van der Waals surface area contributed by atoms with Crippen LogP contribution in [-0.2, 0) is 15.7 Å². The summed E-state index contributed by atoms with van der Waals surface area (Å²) >= 11 is 0. The Balaban J connectivity index is 1.27. The quantitative estimate of drug-likeness (QED) is 0.219. The molecule has 8 heteroatoms. The first-order valence-corrected chi connectivity index (χ1v) is 12.3. The van der Waals surface area contributed by atoms with E-state index in [4.69, 9.17) is 4.74 Å². The lowest BCUT2D eigenvalue weighted by Crippen LogP contribution is -2.17. The number of nitrogens with one attached hydrogen (secondary N) is 1. The van der Waals surface area contributed by atoms with Crippen molar-refractivity contribution in [2.24, 2.45) is 5.92 Å². The molecule has 1 saturated carbocycles. The third-order valence-electron chi connectivity index (χ3n) is 7.28. The molecule has 1 N–H and O–H groups in total. The second-order valence-corrected chi connectivity index (χ2v) is 9.63. The molecule has 192 valence electrons. The number of hydrogen-bond donors (Lipinski definition) is 1. The first-order chi connectivity index (χ1) is 17.7. The fourth-order valence-corrected chi connectivity index (χ4v) is 5.17. The number of carbonyl (C=O) groups is 1. The fourth-order valence-electron chi connectivity index (χ4n) is 5.17. The Morgan fingerprint density at radius 3 is 2.14 bits per heavy atom. The monoisotopic (exact) mass is 510 g/mol. The summed E-state index contributed by atoms with van der Waals surface area (Å²) in [5, 5.41) is 0. The van der Waals surface area contributed by atoms with Crippen molar-refractivity contribution in [1.29, 1.82) is 0 Å². The van der Waals surface area contributed by atoms with E-state index < -0.39 is 17.6 Å². The zero-order valence-electron chi connectivity index (χ0n) is 20.2. The Morgan fingerprint density at radius 1 is 0.946 bits per heavy atom. The van der Waals surface area contributed by atoms with E-state index in [1.165, 1.54) is 12.7 Å². The van der Waals surface area contributed by atoms with Crippen LogP contribution in [0, 0.1) is 11.7 Å². The van der Waals surface area contributed by atoms with Crippen LogP contribution in [0.3, 0.4) is 0 Å². The van der Waals surface area contributed by atoms with Gasteiger partial charge in [0.05, 0.1) is 23.7 Å². The molecule has 4 aromatic rings. The molecular formula is C29H26F4N2O2. The van der Waals surface area contributed by atoms with Gasteiger partial charge in [-0.2, -0.15) is 13.2 Å². The van der Waals surface area contributed by atoms with Gasteiger partial charge in [0.1, 0.15) is 11.6 Å². The summed E-state index contributed by atoms with van der Waals surface area (Å²) in [5.41, 5.74) is 2.99. The van der Waals surface area contributed by atoms with Crippen LogP contribution in [0.2, 0.25) is 0 Å². The number of nitrogens with zero attached hydrogens (tertiary/aromatic N) is 1. The van der Waals surface area contributed by atoms with Crippen LogP contribution in [-0.4, -0.2) is 23.0 Å². The van der Waals surface area contributed by atoms with Crippen LogP contribution >= 0.6 is 0 Å². The molecule has 1 aromatic heterocycles. The second kappa shape index (κ2) is 10.00.